The molecular weight excluding hydrogens is 569 g/mol. The fraction of sp³-hybridized carbons (Fsp3) is 0.250. The van der Waals surface area contributed by atoms with E-state index in [0.717, 1.165) is 5.56 Å². The highest BCUT2D eigenvalue weighted by atomic mass is 127. The van der Waals surface area contributed by atoms with Crippen molar-refractivity contribution in [2.75, 3.05) is 32.6 Å². The van der Waals surface area contributed by atoms with Gasteiger partial charge in [0, 0.05) is 19.8 Å². The first-order chi connectivity index (χ1) is 16.1. The van der Waals surface area contributed by atoms with E-state index in [1.54, 1.807) is 12.1 Å². The first-order valence-corrected chi connectivity index (χ1v) is 11.9. The van der Waals surface area contributed by atoms with E-state index in [4.69, 9.17) is 21.7 Å². The van der Waals surface area contributed by atoms with Gasteiger partial charge in [-0.05, 0) is 84.6 Å². The largest absolute Gasteiger partial charge is 0.490 e. The number of thiocarbonyl (C=S) groups is 1. The minimum atomic E-state index is -0.478. The quantitative estimate of drug-likeness (QED) is 0.229. The number of nitrogens with one attached hydrogen (secondary N) is 1. The molecule has 2 aromatic carbocycles. The molecule has 2 aromatic rings. The monoisotopic (exact) mass is 593 g/mol. The number of aryl methyl sites for hydroxylation is 1. The van der Waals surface area contributed by atoms with Crippen molar-refractivity contribution in [3.05, 3.63) is 56.7 Å². The van der Waals surface area contributed by atoms with Crippen LogP contribution in [0, 0.1) is 10.5 Å². The smallest absolute Gasteiger partial charge is 0.265 e. The summed E-state index contributed by atoms with van der Waals surface area (Å²) in [5, 5.41) is 2.93. The molecule has 0 saturated carbocycles. The molecule has 8 nitrogen and oxygen atoms in total. The van der Waals surface area contributed by atoms with Crippen molar-refractivity contribution in [3.63, 3.8) is 0 Å². The minimum absolute atomic E-state index is 0.0111. The number of ether oxygens (including phenoxy) is 2. The average molecular weight is 593 g/mol. The van der Waals surface area contributed by atoms with E-state index < -0.39 is 11.8 Å². The summed E-state index contributed by atoms with van der Waals surface area (Å²) >= 11 is 7.19. The number of rotatable bonds is 7. The standard InChI is InChI=1S/C24H24IN3O5S/c1-5-32-19-12-15(10-17-22(30)27(3)24(34)28(4)23(17)31)11-18(25)21(19)33-13-20(29)26-16-8-6-14(2)7-9-16/h6-12H,5,13H2,1-4H3,(H,26,29). The summed E-state index contributed by atoms with van der Waals surface area (Å²) in [6.07, 6.45) is 1.50. The van der Waals surface area contributed by atoms with Gasteiger partial charge in [0.05, 0.1) is 10.2 Å². The molecule has 1 heterocycles. The lowest BCUT2D eigenvalue weighted by atomic mass is 10.1. The SMILES string of the molecule is CCOc1cc(C=C2C(=O)N(C)C(=S)N(C)C2=O)cc(I)c1OCC(=O)Nc1ccc(C)cc1. The van der Waals surface area contributed by atoms with Crippen LogP contribution in [0.4, 0.5) is 5.69 Å². The van der Waals surface area contributed by atoms with Crippen molar-refractivity contribution in [1.82, 2.24) is 9.80 Å². The van der Waals surface area contributed by atoms with Crippen molar-refractivity contribution >= 4 is 69.4 Å². The van der Waals surface area contributed by atoms with Crippen LogP contribution in [0.3, 0.4) is 0 Å². The van der Waals surface area contributed by atoms with E-state index in [1.165, 1.54) is 30.0 Å². The van der Waals surface area contributed by atoms with Gasteiger partial charge in [-0.3, -0.25) is 24.2 Å². The summed E-state index contributed by atoms with van der Waals surface area (Å²) in [6, 6.07) is 10.9. The summed E-state index contributed by atoms with van der Waals surface area (Å²) in [7, 11) is 3.05. The number of carbonyl (C=O) groups excluding carboxylic acids is 3. The lowest BCUT2D eigenvalue weighted by Gasteiger charge is -2.31. The predicted molar refractivity (Wildman–Crippen MR) is 142 cm³/mol. The van der Waals surface area contributed by atoms with Crippen LogP contribution in [0.5, 0.6) is 11.5 Å². The maximum Gasteiger partial charge on any atom is 0.265 e. The van der Waals surface area contributed by atoms with Crippen LogP contribution in [0.25, 0.3) is 6.08 Å². The third-order valence-electron chi connectivity index (χ3n) is 4.97. The Labute approximate surface area is 217 Å². The second kappa shape index (κ2) is 11.0. The van der Waals surface area contributed by atoms with Crippen LogP contribution >= 0.6 is 34.8 Å². The van der Waals surface area contributed by atoms with Crippen molar-refractivity contribution < 1.29 is 23.9 Å². The van der Waals surface area contributed by atoms with Crippen molar-refractivity contribution in [1.29, 1.82) is 0 Å². The number of benzene rings is 2. The molecule has 1 aliphatic heterocycles. The third-order valence-corrected chi connectivity index (χ3v) is 6.32. The molecule has 10 heteroatoms. The van der Waals surface area contributed by atoms with Gasteiger partial charge in [0.25, 0.3) is 17.7 Å². The molecule has 0 spiro atoms. The van der Waals surface area contributed by atoms with E-state index >= 15 is 0 Å². The van der Waals surface area contributed by atoms with Crippen molar-refractivity contribution in [2.45, 2.75) is 13.8 Å². The number of amides is 3. The molecule has 34 heavy (non-hydrogen) atoms. The second-order valence-electron chi connectivity index (χ2n) is 7.53. The molecule has 178 valence electrons. The Balaban J connectivity index is 1.82. The number of carbonyl (C=O) groups is 3. The highest BCUT2D eigenvalue weighted by Crippen LogP contribution is 2.35. The van der Waals surface area contributed by atoms with Crippen molar-refractivity contribution in [3.8, 4) is 11.5 Å². The Kier molecular flexibility index (Phi) is 8.26. The summed E-state index contributed by atoms with van der Waals surface area (Å²) in [4.78, 5) is 40.1. The molecular formula is C24H24IN3O5S. The topological polar surface area (TPSA) is 88.2 Å². The lowest BCUT2D eigenvalue weighted by Crippen LogP contribution is -2.52. The molecule has 0 radical (unpaired) electrons. The molecule has 1 saturated heterocycles. The molecule has 0 aliphatic carbocycles. The lowest BCUT2D eigenvalue weighted by molar-refractivity contribution is -0.132. The predicted octanol–water partition coefficient (Wildman–Crippen LogP) is 3.61. The number of nitrogens with zero attached hydrogens (tertiary/aromatic N) is 2. The zero-order chi connectivity index (χ0) is 25.0. The molecule has 0 aromatic heterocycles. The van der Waals surface area contributed by atoms with E-state index in [-0.39, 0.29) is 23.2 Å². The van der Waals surface area contributed by atoms with Gasteiger partial charge in [0.1, 0.15) is 5.57 Å². The van der Waals surface area contributed by atoms with Crippen LogP contribution in [0.2, 0.25) is 0 Å². The molecule has 3 rings (SSSR count). The van der Waals surface area contributed by atoms with Gasteiger partial charge < -0.3 is 14.8 Å². The first-order valence-electron chi connectivity index (χ1n) is 10.4. The summed E-state index contributed by atoms with van der Waals surface area (Å²) in [5.74, 6) is -0.463. The van der Waals surface area contributed by atoms with E-state index in [2.05, 4.69) is 27.9 Å². The molecule has 0 atom stereocenters. The minimum Gasteiger partial charge on any atom is -0.490 e. The zero-order valence-corrected chi connectivity index (χ0v) is 22.2. The van der Waals surface area contributed by atoms with E-state index in [1.807, 2.05) is 38.1 Å². The molecule has 1 N–H and O–H groups in total. The normalized spacial score (nSPS) is 13.8. The fourth-order valence-corrected chi connectivity index (χ4v) is 4.13. The summed E-state index contributed by atoms with van der Waals surface area (Å²) < 4.78 is 12.2. The third kappa shape index (κ3) is 5.73. The van der Waals surface area contributed by atoms with Gasteiger partial charge in [-0.2, -0.15) is 0 Å². The Morgan fingerprint density at radius 3 is 2.29 bits per heavy atom. The molecule has 3 amide bonds. The zero-order valence-electron chi connectivity index (χ0n) is 19.2. The fourth-order valence-electron chi connectivity index (χ4n) is 3.19. The molecule has 1 fully saturated rings. The van der Waals surface area contributed by atoms with Crippen LogP contribution in [-0.4, -0.2) is 59.9 Å². The highest BCUT2D eigenvalue weighted by Gasteiger charge is 2.35. The molecule has 0 bridgehead atoms. The number of likely N-dealkylation sites (N-methyl/N-ethyl adjacent to an activating group) is 2. The van der Waals surface area contributed by atoms with Gasteiger partial charge in [0.15, 0.2) is 23.2 Å². The Hall–Kier alpha value is -2.99. The molecule has 0 unspecified atom stereocenters. The summed E-state index contributed by atoms with van der Waals surface area (Å²) in [6.45, 7) is 3.94. The molecule has 1 aliphatic rings. The maximum absolute atomic E-state index is 12.6. The average Bonchev–Trinajstić information content (AvgIpc) is 2.80. The summed E-state index contributed by atoms with van der Waals surface area (Å²) in [5.41, 5.74) is 2.34. The van der Waals surface area contributed by atoms with Crippen molar-refractivity contribution in [2.24, 2.45) is 0 Å². The number of hydrogen-bond donors (Lipinski definition) is 1. The Morgan fingerprint density at radius 1 is 1.09 bits per heavy atom. The van der Waals surface area contributed by atoms with E-state index in [9.17, 15) is 14.4 Å². The van der Waals surface area contributed by atoms with Crippen LogP contribution in [-0.2, 0) is 14.4 Å². The van der Waals surface area contributed by atoms with Crippen LogP contribution in [0.15, 0.2) is 42.0 Å². The van der Waals surface area contributed by atoms with Gasteiger partial charge in [-0.1, -0.05) is 17.7 Å². The van der Waals surface area contributed by atoms with Gasteiger partial charge in [-0.25, -0.2) is 0 Å². The highest BCUT2D eigenvalue weighted by molar-refractivity contribution is 14.1. The van der Waals surface area contributed by atoms with E-state index in [0.29, 0.717) is 32.9 Å². The second-order valence-corrected chi connectivity index (χ2v) is 9.06. The van der Waals surface area contributed by atoms with Crippen LogP contribution in [0.1, 0.15) is 18.1 Å². The Bertz CT molecular complexity index is 1150. The van der Waals surface area contributed by atoms with Gasteiger partial charge in [0.2, 0.25) is 0 Å². The number of halogens is 1. The first kappa shape index (κ1) is 25.6. The number of anilines is 1. The Morgan fingerprint density at radius 2 is 1.71 bits per heavy atom. The van der Waals surface area contributed by atoms with Gasteiger partial charge >= 0.3 is 0 Å². The maximum atomic E-state index is 12.6. The number of hydrogen-bond acceptors (Lipinski definition) is 6. The van der Waals surface area contributed by atoms with Crippen LogP contribution < -0.4 is 14.8 Å². The van der Waals surface area contributed by atoms with Gasteiger partial charge in [-0.15, -0.1) is 0 Å².